The molecule has 112 valence electrons. The first-order valence-electron chi connectivity index (χ1n) is 7.30. The number of anilines is 1. The molecule has 0 spiro atoms. The summed E-state index contributed by atoms with van der Waals surface area (Å²) in [5, 5.41) is 0.742. The van der Waals surface area contributed by atoms with Crippen LogP contribution in [0.5, 0.6) is 0 Å². The van der Waals surface area contributed by atoms with E-state index in [1.165, 1.54) is 11.8 Å². The van der Waals surface area contributed by atoms with Crippen molar-refractivity contribution in [1.82, 2.24) is 9.88 Å². The second-order valence-corrected chi connectivity index (χ2v) is 5.74. The van der Waals surface area contributed by atoms with Crippen molar-refractivity contribution in [2.75, 3.05) is 24.6 Å². The Labute approximate surface area is 126 Å². The van der Waals surface area contributed by atoms with Crippen molar-refractivity contribution < 1.29 is 4.79 Å². The molecule has 1 amide bonds. The molecule has 0 radical (unpaired) electrons. The summed E-state index contributed by atoms with van der Waals surface area (Å²) in [5.74, 6) is 0.594. The number of nitrogens with zero attached hydrogens (tertiary/aromatic N) is 2. The molecule has 0 atom stereocenters. The fourth-order valence-corrected chi connectivity index (χ4v) is 2.62. The van der Waals surface area contributed by atoms with Crippen LogP contribution in [0.1, 0.15) is 39.5 Å². The standard InChI is InChI=1S/C15H25N3OS/c1-3-5-10-18(11-6-4-2)14(19)12-20-15-13(16)8-7-9-17-15/h7-9H,3-6,10-12,16H2,1-2H3. The number of carbonyl (C=O) groups excluding carboxylic acids is 1. The molecule has 2 N–H and O–H groups in total. The number of unbranched alkanes of at least 4 members (excludes halogenated alkanes) is 2. The third kappa shape index (κ3) is 5.82. The van der Waals surface area contributed by atoms with Crippen molar-refractivity contribution in [2.45, 2.75) is 44.6 Å². The van der Waals surface area contributed by atoms with Crippen LogP contribution >= 0.6 is 11.8 Å². The van der Waals surface area contributed by atoms with Gasteiger partial charge in [0, 0.05) is 19.3 Å². The molecule has 0 saturated carbocycles. The Bertz CT molecular complexity index is 404. The minimum Gasteiger partial charge on any atom is -0.397 e. The highest BCUT2D eigenvalue weighted by molar-refractivity contribution is 8.00. The maximum Gasteiger partial charge on any atom is 0.232 e. The van der Waals surface area contributed by atoms with Crippen molar-refractivity contribution in [3.8, 4) is 0 Å². The highest BCUT2D eigenvalue weighted by atomic mass is 32.2. The Morgan fingerprint density at radius 1 is 1.30 bits per heavy atom. The Hall–Kier alpha value is -1.23. The zero-order chi connectivity index (χ0) is 14.8. The van der Waals surface area contributed by atoms with E-state index in [1.54, 1.807) is 12.3 Å². The topological polar surface area (TPSA) is 59.2 Å². The summed E-state index contributed by atoms with van der Waals surface area (Å²) in [6.07, 6.45) is 6.04. The fourth-order valence-electron chi connectivity index (χ4n) is 1.80. The summed E-state index contributed by atoms with van der Waals surface area (Å²) in [7, 11) is 0. The highest BCUT2D eigenvalue weighted by Crippen LogP contribution is 2.21. The highest BCUT2D eigenvalue weighted by Gasteiger charge is 2.13. The van der Waals surface area contributed by atoms with Crippen LogP contribution in [0.25, 0.3) is 0 Å². The van der Waals surface area contributed by atoms with E-state index in [0.29, 0.717) is 11.4 Å². The van der Waals surface area contributed by atoms with Gasteiger partial charge in [-0.1, -0.05) is 38.5 Å². The first-order chi connectivity index (χ1) is 9.69. The molecule has 0 saturated heterocycles. The largest absolute Gasteiger partial charge is 0.397 e. The van der Waals surface area contributed by atoms with Gasteiger partial charge in [0.15, 0.2) is 0 Å². The normalized spacial score (nSPS) is 10.5. The molecule has 5 heteroatoms. The summed E-state index contributed by atoms with van der Waals surface area (Å²) in [4.78, 5) is 18.4. The number of nitrogens with two attached hydrogens (primary N) is 1. The van der Waals surface area contributed by atoms with Gasteiger partial charge in [-0.2, -0.15) is 0 Å². The molecule has 20 heavy (non-hydrogen) atoms. The zero-order valence-corrected chi connectivity index (χ0v) is 13.3. The average Bonchev–Trinajstić information content (AvgIpc) is 2.46. The first-order valence-corrected chi connectivity index (χ1v) is 8.28. The van der Waals surface area contributed by atoms with E-state index in [4.69, 9.17) is 5.73 Å². The van der Waals surface area contributed by atoms with E-state index >= 15 is 0 Å². The molecule has 0 aliphatic rings. The number of amides is 1. The molecule has 0 aliphatic carbocycles. The molecule has 0 bridgehead atoms. The predicted octanol–water partition coefficient (Wildman–Crippen LogP) is 3.18. The molecule has 0 aliphatic heterocycles. The van der Waals surface area contributed by atoms with Crippen LogP contribution in [0, 0.1) is 0 Å². The lowest BCUT2D eigenvalue weighted by Crippen LogP contribution is -2.34. The number of aromatic nitrogens is 1. The van der Waals surface area contributed by atoms with Crippen molar-refractivity contribution >= 4 is 23.4 Å². The number of hydrogen-bond acceptors (Lipinski definition) is 4. The van der Waals surface area contributed by atoms with Gasteiger partial charge in [-0.15, -0.1) is 0 Å². The van der Waals surface area contributed by atoms with Crippen molar-refractivity contribution in [3.05, 3.63) is 18.3 Å². The van der Waals surface area contributed by atoms with Gasteiger partial charge in [0.05, 0.1) is 11.4 Å². The summed E-state index contributed by atoms with van der Waals surface area (Å²) in [6.45, 7) is 6.00. The molecule has 1 heterocycles. The van der Waals surface area contributed by atoms with Gasteiger partial charge < -0.3 is 10.6 Å². The molecular weight excluding hydrogens is 270 g/mol. The molecule has 0 unspecified atom stereocenters. The lowest BCUT2D eigenvalue weighted by atomic mass is 10.2. The van der Waals surface area contributed by atoms with Crippen LogP contribution < -0.4 is 5.73 Å². The first kappa shape index (κ1) is 16.8. The number of thioether (sulfide) groups is 1. The minimum atomic E-state index is 0.182. The van der Waals surface area contributed by atoms with Crippen LogP contribution in [0.2, 0.25) is 0 Å². The van der Waals surface area contributed by atoms with E-state index in [9.17, 15) is 4.79 Å². The van der Waals surface area contributed by atoms with E-state index in [2.05, 4.69) is 18.8 Å². The average molecular weight is 295 g/mol. The summed E-state index contributed by atoms with van der Waals surface area (Å²) < 4.78 is 0. The summed E-state index contributed by atoms with van der Waals surface area (Å²) >= 11 is 1.42. The quantitative estimate of drug-likeness (QED) is 0.711. The van der Waals surface area contributed by atoms with Crippen LogP contribution in [0.3, 0.4) is 0 Å². The molecule has 1 rings (SSSR count). The lowest BCUT2D eigenvalue weighted by molar-refractivity contribution is -0.128. The lowest BCUT2D eigenvalue weighted by Gasteiger charge is -2.22. The Kier molecular flexibility index (Phi) is 8.11. The maximum atomic E-state index is 12.3. The van der Waals surface area contributed by atoms with Gasteiger partial charge >= 0.3 is 0 Å². The van der Waals surface area contributed by atoms with Crippen LogP contribution in [0.15, 0.2) is 23.4 Å². The van der Waals surface area contributed by atoms with E-state index in [-0.39, 0.29) is 5.91 Å². The second-order valence-electron chi connectivity index (χ2n) is 4.77. The Balaban J connectivity index is 2.50. The third-order valence-electron chi connectivity index (χ3n) is 3.05. The molecule has 0 aromatic carbocycles. The van der Waals surface area contributed by atoms with Crippen molar-refractivity contribution in [2.24, 2.45) is 0 Å². The number of nitrogen functional groups attached to an aromatic ring is 1. The van der Waals surface area contributed by atoms with Crippen LogP contribution in [0.4, 0.5) is 5.69 Å². The van der Waals surface area contributed by atoms with Crippen LogP contribution in [-0.4, -0.2) is 34.6 Å². The molecular formula is C15H25N3OS. The van der Waals surface area contributed by atoms with Gasteiger partial charge in [0.1, 0.15) is 5.03 Å². The SMILES string of the molecule is CCCCN(CCCC)C(=O)CSc1ncccc1N. The Morgan fingerprint density at radius 3 is 2.50 bits per heavy atom. The molecule has 1 aromatic rings. The second kappa shape index (κ2) is 9.64. The summed E-state index contributed by atoms with van der Waals surface area (Å²) in [5.41, 5.74) is 6.47. The smallest absolute Gasteiger partial charge is 0.232 e. The van der Waals surface area contributed by atoms with Gasteiger partial charge in [-0.3, -0.25) is 4.79 Å². The van der Waals surface area contributed by atoms with Crippen molar-refractivity contribution in [3.63, 3.8) is 0 Å². The molecule has 1 aromatic heterocycles. The Morgan fingerprint density at radius 2 is 1.95 bits per heavy atom. The van der Waals surface area contributed by atoms with Gasteiger partial charge in [-0.05, 0) is 25.0 Å². The fraction of sp³-hybridized carbons (Fsp3) is 0.600. The van der Waals surface area contributed by atoms with Crippen LogP contribution in [-0.2, 0) is 4.79 Å². The number of carbonyl (C=O) groups is 1. The van der Waals surface area contributed by atoms with E-state index in [1.807, 2.05) is 11.0 Å². The minimum absolute atomic E-state index is 0.182. The summed E-state index contributed by atoms with van der Waals surface area (Å²) in [6, 6.07) is 3.61. The van der Waals surface area contributed by atoms with Gasteiger partial charge in [0.25, 0.3) is 0 Å². The number of pyridine rings is 1. The maximum absolute atomic E-state index is 12.3. The van der Waals surface area contributed by atoms with Crippen molar-refractivity contribution in [1.29, 1.82) is 0 Å². The monoisotopic (exact) mass is 295 g/mol. The molecule has 4 nitrogen and oxygen atoms in total. The number of hydrogen-bond donors (Lipinski definition) is 1. The van der Waals surface area contributed by atoms with E-state index < -0.39 is 0 Å². The third-order valence-corrected chi connectivity index (χ3v) is 4.05. The molecule has 0 fully saturated rings. The van der Waals surface area contributed by atoms with Gasteiger partial charge in [-0.25, -0.2) is 4.98 Å². The number of rotatable bonds is 9. The van der Waals surface area contributed by atoms with Gasteiger partial charge in [0.2, 0.25) is 5.91 Å². The predicted molar refractivity (Wildman–Crippen MR) is 85.8 cm³/mol. The van der Waals surface area contributed by atoms with E-state index in [0.717, 1.165) is 43.8 Å². The zero-order valence-electron chi connectivity index (χ0n) is 12.5.